The molecule has 0 atom stereocenters. The van der Waals surface area contributed by atoms with Crippen molar-refractivity contribution >= 4 is 10.0 Å². The average molecular weight is 694 g/mol. The Kier molecular flexibility index (Phi) is 35.8. The molecule has 1 rings (SSSR count). The van der Waals surface area contributed by atoms with Crippen molar-refractivity contribution in [1.82, 2.24) is 0 Å². The van der Waals surface area contributed by atoms with Crippen LogP contribution in [0.5, 0.6) is 0 Å². The van der Waals surface area contributed by atoms with Gasteiger partial charge in [0.1, 0.15) is 0 Å². The fraction of sp³-hybridized carbons (Fsp3) is 1.00. The lowest BCUT2D eigenvalue weighted by Gasteiger charge is -2.46. The van der Waals surface area contributed by atoms with Crippen LogP contribution in [0, 0.1) is 0 Å². The molecule has 48 heavy (non-hydrogen) atoms. The summed E-state index contributed by atoms with van der Waals surface area (Å²) < 4.78 is 0. The molecule has 0 radical (unpaired) electrons. The van der Waals surface area contributed by atoms with Gasteiger partial charge in [0.15, 0.2) is 0 Å². The standard InChI is InChI=1S/C46H95NS/c1-3-5-7-9-11-13-15-17-19-21-23-25-27-29-31-35-39-43-48(45-47,46-41-37-33-34-38-42-46)44-40-36-32-30-28-26-24-22-20-18-16-14-12-10-8-6-4-2/h46H,3-45,47H2,1-2H3. The van der Waals surface area contributed by atoms with Crippen molar-refractivity contribution in [3.8, 4) is 0 Å². The Morgan fingerprint density at radius 2 is 0.562 bits per heavy atom. The molecule has 290 valence electrons. The van der Waals surface area contributed by atoms with E-state index in [1.807, 2.05) is 0 Å². The maximum absolute atomic E-state index is 6.77. The summed E-state index contributed by atoms with van der Waals surface area (Å²) in [5.41, 5.74) is 6.77. The minimum Gasteiger partial charge on any atom is -0.323 e. The van der Waals surface area contributed by atoms with Gasteiger partial charge in [-0.3, -0.25) is 0 Å². The van der Waals surface area contributed by atoms with E-state index in [-0.39, 0.29) is 0 Å². The van der Waals surface area contributed by atoms with Gasteiger partial charge in [-0.15, -0.1) is 0 Å². The van der Waals surface area contributed by atoms with Crippen LogP contribution in [0.25, 0.3) is 0 Å². The summed E-state index contributed by atoms with van der Waals surface area (Å²) in [7, 11) is -0.623. The lowest BCUT2D eigenvalue weighted by atomic mass is 10.0. The molecule has 0 spiro atoms. The highest BCUT2D eigenvalue weighted by Crippen LogP contribution is 2.56. The third kappa shape index (κ3) is 28.0. The largest absolute Gasteiger partial charge is 0.323 e. The van der Waals surface area contributed by atoms with Gasteiger partial charge in [-0.25, -0.2) is 10.0 Å². The maximum Gasteiger partial charge on any atom is 0.0238 e. The van der Waals surface area contributed by atoms with Crippen LogP contribution in [-0.4, -0.2) is 22.6 Å². The zero-order valence-corrected chi connectivity index (χ0v) is 34.8. The van der Waals surface area contributed by atoms with Crippen LogP contribution >= 0.6 is 10.0 Å². The molecule has 0 aromatic carbocycles. The van der Waals surface area contributed by atoms with Gasteiger partial charge in [0.25, 0.3) is 0 Å². The van der Waals surface area contributed by atoms with Crippen LogP contribution in [0.3, 0.4) is 0 Å². The molecule has 0 aromatic rings. The molecule has 0 amide bonds. The van der Waals surface area contributed by atoms with Crippen LogP contribution < -0.4 is 5.73 Å². The van der Waals surface area contributed by atoms with Crippen molar-refractivity contribution in [2.45, 2.75) is 276 Å². The third-order valence-electron chi connectivity index (χ3n) is 12.2. The summed E-state index contributed by atoms with van der Waals surface area (Å²) in [6, 6.07) is 0. The van der Waals surface area contributed by atoms with E-state index in [9.17, 15) is 0 Å². The fourth-order valence-electron chi connectivity index (χ4n) is 8.71. The predicted molar refractivity (Wildman–Crippen MR) is 226 cm³/mol. The number of unbranched alkanes of at least 4 members (excludes halogenated alkanes) is 32. The second kappa shape index (κ2) is 37.1. The van der Waals surface area contributed by atoms with Crippen molar-refractivity contribution in [1.29, 1.82) is 0 Å². The minimum absolute atomic E-state index is 0.623. The fourth-order valence-corrected chi connectivity index (χ4v) is 13.1. The lowest BCUT2D eigenvalue weighted by Crippen LogP contribution is -2.30. The van der Waals surface area contributed by atoms with Crippen LogP contribution in [0.2, 0.25) is 0 Å². The van der Waals surface area contributed by atoms with Gasteiger partial charge in [-0.2, -0.15) is 0 Å². The SMILES string of the molecule is CCCCCCCCCCCCCCCCCCCS(CN)(CCCCCCCCCCCCCCCCCCC)C1CCCCCC1. The van der Waals surface area contributed by atoms with Gasteiger partial charge in [-0.1, -0.05) is 245 Å². The topological polar surface area (TPSA) is 26.0 Å². The Hall–Kier alpha value is 0.310. The summed E-state index contributed by atoms with van der Waals surface area (Å²) >= 11 is 0. The highest BCUT2D eigenvalue weighted by Gasteiger charge is 2.31. The Morgan fingerprint density at radius 3 is 0.792 bits per heavy atom. The Bertz CT molecular complexity index is 559. The Morgan fingerprint density at radius 1 is 0.333 bits per heavy atom. The van der Waals surface area contributed by atoms with E-state index < -0.39 is 10.0 Å². The van der Waals surface area contributed by atoms with Crippen LogP contribution in [0.4, 0.5) is 0 Å². The van der Waals surface area contributed by atoms with Gasteiger partial charge >= 0.3 is 0 Å². The normalized spacial score (nSPS) is 14.9. The van der Waals surface area contributed by atoms with Crippen molar-refractivity contribution < 1.29 is 0 Å². The molecule has 1 nitrogen and oxygen atoms in total. The van der Waals surface area contributed by atoms with E-state index in [1.165, 1.54) is 268 Å². The van der Waals surface area contributed by atoms with Crippen LogP contribution in [-0.2, 0) is 0 Å². The maximum atomic E-state index is 6.77. The number of rotatable bonds is 38. The third-order valence-corrected chi connectivity index (χ3v) is 16.9. The van der Waals surface area contributed by atoms with Crippen LogP contribution in [0.15, 0.2) is 0 Å². The van der Waals surface area contributed by atoms with Gasteiger partial charge in [0, 0.05) is 5.88 Å². The number of nitrogens with two attached hydrogens (primary N) is 1. The molecule has 0 saturated heterocycles. The van der Waals surface area contributed by atoms with Crippen LogP contribution in [0.1, 0.15) is 271 Å². The predicted octanol–water partition coefficient (Wildman–Crippen LogP) is 16.7. The molecule has 1 aliphatic carbocycles. The van der Waals surface area contributed by atoms with E-state index in [1.54, 1.807) is 0 Å². The van der Waals surface area contributed by atoms with Gasteiger partial charge < -0.3 is 5.73 Å². The summed E-state index contributed by atoms with van der Waals surface area (Å²) in [6.45, 7) is 4.63. The Balaban J connectivity index is 2.10. The molecule has 2 N–H and O–H groups in total. The summed E-state index contributed by atoms with van der Waals surface area (Å²) in [4.78, 5) is 0. The molecule has 1 aliphatic rings. The lowest BCUT2D eigenvalue weighted by molar-refractivity contribution is 0.528. The zero-order valence-electron chi connectivity index (χ0n) is 34.0. The van der Waals surface area contributed by atoms with Crippen molar-refractivity contribution in [2.24, 2.45) is 5.73 Å². The van der Waals surface area contributed by atoms with E-state index in [0.717, 1.165) is 11.1 Å². The molecule has 0 heterocycles. The van der Waals surface area contributed by atoms with Crippen molar-refractivity contribution in [2.75, 3.05) is 17.4 Å². The van der Waals surface area contributed by atoms with E-state index >= 15 is 0 Å². The molecule has 0 bridgehead atoms. The first kappa shape index (κ1) is 46.3. The number of hydrogen-bond acceptors (Lipinski definition) is 1. The van der Waals surface area contributed by atoms with E-state index in [4.69, 9.17) is 5.73 Å². The summed E-state index contributed by atoms with van der Waals surface area (Å²) in [6.07, 6.45) is 58.9. The smallest absolute Gasteiger partial charge is 0.0238 e. The molecular weight excluding hydrogens is 599 g/mol. The highest BCUT2D eigenvalue weighted by molar-refractivity contribution is 8.34. The first-order chi connectivity index (χ1) is 23.8. The molecule has 1 saturated carbocycles. The quantitative estimate of drug-likeness (QED) is 0.0505. The zero-order chi connectivity index (χ0) is 34.5. The second-order valence-electron chi connectivity index (χ2n) is 16.6. The average Bonchev–Trinajstić information content (AvgIpc) is 3.40. The molecule has 0 aromatic heterocycles. The number of hydrogen-bond donors (Lipinski definition) is 1. The van der Waals surface area contributed by atoms with Crippen molar-refractivity contribution in [3.05, 3.63) is 0 Å². The summed E-state index contributed by atoms with van der Waals surface area (Å²) in [5.74, 6) is 4.05. The first-order valence-electron chi connectivity index (χ1n) is 23.2. The highest BCUT2D eigenvalue weighted by atomic mass is 32.3. The molecular formula is C46H95NS. The van der Waals surface area contributed by atoms with Gasteiger partial charge in [0.2, 0.25) is 0 Å². The van der Waals surface area contributed by atoms with Gasteiger partial charge in [0.05, 0.1) is 0 Å². The molecule has 2 heteroatoms. The molecule has 0 unspecified atom stereocenters. The second-order valence-corrected chi connectivity index (χ2v) is 20.7. The van der Waals surface area contributed by atoms with Crippen molar-refractivity contribution in [3.63, 3.8) is 0 Å². The molecule has 1 fully saturated rings. The monoisotopic (exact) mass is 694 g/mol. The summed E-state index contributed by atoms with van der Waals surface area (Å²) in [5, 5.41) is 0.993. The van der Waals surface area contributed by atoms with E-state index in [0.29, 0.717) is 0 Å². The first-order valence-corrected chi connectivity index (χ1v) is 25.4. The van der Waals surface area contributed by atoms with Gasteiger partial charge in [-0.05, 0) is 42.4 Å². The van der Waals surface area contributed by atoms with E-state index in [2.05, 4.69) is 13.8 Å². The molecule has 0 aliphatic heterocycles. The minimum atomic E-state index is -0.623. The Labute approximate surface area is 308 Å².